The molecule has 2 heterocycles. The molecule has 2 amide bonds. The number of hydrogen-bond acceptors (Lipinski definition) is 5. The van der Waals surface area contributed by atoms with Crippen LogP contribution in [0.3, 0.4) is 0 Å². The second-order valence-electron chi connectivity index (χ2n) is 15.0. The lowest BCUT2D eigenvalue weighted by Crippen LogP contribution is -2.46. The zero-order valence-corrected chi connectivity index (χ0v) is 28.1. The molecule has 1 aliphatic carbocycles. The van der Waals surface area contributed by atoms with E-state index in [1.54, 1.807) is 0 Å². The summed E-state index contributed by atoms with van der Waals surface area (Å²) in [4.78, 5) is 14.6. The SMILES string of the molecule is CCNC(=O)NCc1cccc(-c2ccc([C@H]3O[C@@H](CN4CC5(C)CC4CC(C)(C)C5)[C@@H](C)[C@@H](c4ccc(CO)cc4)O3)cc2)c1. The number of aliphatic hydroxyl groups is 1. The summed E-state index contributed by atoms with van der Waals surface area (Å²) in [5, 5.41) is 15.3. The third-order valence-electron chi connectivity index (χ3n) is 10.3. The van der Waals surface area contributed by atoms with Crippen LogP contribution in [0.25, 0.3) is 11.1 Å². The summed E-state index contributed by atoms with van der Waals surface area (Å²) in [7, 11) is 0. The van der Waals surface area contributed by atoms with Crippen LogP contribution in [-0.2, 0) is 22.6 Å². The Morgan fingerprint density at radius 2 is 1.65 bits per heavy atom. The van der Waals surface area contributed by atoms with Gasteiger partial charge in [-0.1, -0.05) is 94.4 Å². The molecule has 0 aromatic heterocycles. The lowest BCUT2D eigenvalue weighted by atomic mass is 9.65. The van der Waals surface area contributed by atoms with Crippen LogP contribution in [0.4, 0.5) is 4.79 Å². The highest BCUT2D eigenvalue weighted by atomic mass is 16.7. The highest BCUT2D eigenvalue weighted by molar-refractivity contribution is 5.73. The van der Waals surface area contributed by atoms with Crippen LogP contribution in [0.15, 0.2) is 72.8 Å². The molecule has 6 rings (SSSR count). The maximum absolute atomic E-state index is 11.9. The zero-order valence-electron chi connectivity index (χ0n) is 28.1. The molecule has 2 bridgehead atoms. The maximum Gasteiger partial charge on any atom is 0.315 e. The molecule has 2 aliphatic heterocycles. The van der Waals surface area contributed by atoms with Gasteiger partial charge in [0.05, 0.1) is 18.8 Å². The number of amides is 2. The van der Waals surface area contributed by atoms with Crippen molar-refractivity contribution in [1.82, 2.24) is 15.5 Å². The largest absolute Gasteiger partial charge is 0.392 e. The molecule has 6 atom stereocenters. The highest BCUT2D eigenvalue weighted by Crippen LogP contribution is 2.53. The molecular weight excluding hydrogens is 574 g/mol. The number of carbonyl (C=O) groups is 1. The Balaban J connectivity index is 1.22. The van der Waals surface area contributed by atoms with Crippen molar-refractivity contribution in [3.05, 3.63) is 95.1 Å². The van der Waals surface area contributed by atoms with Crippen molar-refractivity contribution in [2.75, 3.05) is 19.6 Å². The van der Waals surface area contributed by atoms with Gasteiger partial charge in [0, 0.05) is 43.7 Å². The van der Waals surface area contributed by atoms with Crippen molar-refractivity contribution in [3.8, 4) is 11.1 Å². The monoisotopic (exact) mass is 625 g/mol. The Hall–Kier alpha value is -3.23. The molecule has 3 N–H and O–H groups in total. The maximum atomic E-state index is 11.9. The molecular formula is C39H51N3O4. The molecule has 0 spiro atoms. The molecule has 7 nitrogen and oxygen atoms in total. The molecule has 0 radical (unpaired) electrons. The Kier molecular flexibility index (Phi) is 9.58. The summed E-state index contributed by atoms with van der Waals surface area (Å²) in [5.41, 5.74) is 6.99. The first kappa shape index (κ1) is 32.7. The molecule has 3 aromatic rings. The van der Waals surface area contributed by atoms with Gasteiger partial charge in [-0.05, 0) is 70.9 Å². The number of urea groups is 1. The number of rotatable bonds is 9. The van der Waals surface area contributed by atoms with Crippen molar-refractivity contribution < 1.29 is 19.4 Å². The zero-order chi connectivity index (χ0) is 32.5. The molecule has 246 valence electrons. The minimum atomic E-state index is -0.487. The summed E-state index contributed by atoms with van der Waals surface area (Å²) >= 11 is 0. The van der Waals surface area contributed by atoms with Crippen LogP contribution in [0.1, 0.15) is 88.5 Å². The smallest absolute Gasteiger partial charge is 0.315 e. The topological polar surface area (TPSA) is 83.1 Å². The number of likely N-dealkylation sites (tertiary alicyclic amines) is 1. The van der Waals surface area contributed by atoms with E-state index in [0.29, 0.717) is 30.0 Å². The van der Waals surface area contributed by atoms with Gasteiger partial charge < -0.3 is 25.2 Å². The molecule has 7 heteroatoms. The van der Waals surface area contributed by atoms with Gasteiger partial charge >= 0.3 is 6.03 Å². The number of fused-ring (bicyclic) bond motifs is 2. The number of hydrogen-bond donors (Lipinski definition) is 3. The van der Waals surface area contributed by atoms with Gasteiger partial charge in [-0.25, -0.2) is 4.79 Å². The molecule has 3 fully saturated rings. The summed E-state index contributed by atoms with van der Waals surface area (Å²) in [6, 6.07) is 25.4. The van der Waals surface area contributed by atoms with Crippen molar-refractivity contribution in [2.45, 2.75) is 91.6 Å². The molecule has 3 aromatic carbocycles. The fourth-order valence-corrected chi connectivity index (χ4v) is 8.45. The average molecular weight is 626 g/mol. The summed E-state index contributed by atoms with van der Waals surface area (Å²) < 4.78 is 13.6. The lowest BCUT2D eigenvalue weighted by molar-refractivity contribution is -0.276. The second kappa shape index (κ2) is 13.5. The molecule has 3 aliphatic rings. The number of carbonyl (C=O) groups excluding carboxylic acids is 1. The first-order valence-electron chi connectivity index (χ1n) is 17.0. The van der Waals surface area contributed by atoms with E-state index in [-0.39, 0.29) is 30.8 Å². The number of nitrogens with one attached hydrogen (secondary N) is 2. The van der Waals surface area contributed by atoms with E-state index >= 15 is 0 Å². The number of nitrogens with zero attached hydrogens (tertiary/aromatic N) is 1. The normalized spacial score (nSPS) is 29.0. The van der Waals surface area contributed by atoms with Gasteiger partial charge in [0.1, 0.15) is 0 Å². The third kappa shape index (κ3) is 7.33. The standard InChI is InChI=1S/C39H51N3O4/c1-6-40-37(44)41-21-28-8-7-9-32(18-28)29-14-16-31(17-15-29)36-45-34(22-42-25-39(5)20-33(42)19-38(3,4)24-39)26(2)35(46-36)30-12-10-27(23-43)11-13-30/h7-18,26,33-36,43H,6,19-25H2,1-5H3,(H2,40,41,44)/t26-,33?,34+,35+,36+,39?/m1/s1. The summed E-state index contributed by atoms with van der Waals surface area (Å²) in [6.45, 7) is 14.6. The van der Waals surface area contributed by atoms with E-state index < -0.39 is 6.29 Å². The molecule has 2 unspecified atom stereocenters. The fourth-order valence-electron chi connectivity index (χ4n) is 8.45. The highest BCUT2D eigenvalue weighted by Gasteiger charge is 2.51. The quantitative estimate of drug-likeness (QED) is 0.232. The number of aliphatic hydroxyl groups excluding tert-OH is 1. The van der Waals surface area contributed by atoms with E-state index in [2.05, 4.69) is 91.8 Å². The van der Waals surface area contributed by atoms with E-state index in [1.807, 2.05) is 31.2 Å². The first-order chi connectivity index (χ1) is 22.0. The van der Waals surface area contributed by atoms with Crippen LogP contribution in [-0.4, -0.2) is 47.8 Å². The van der Waals surface area contributed by atoms with Gasteiger partial charge in [0.2, 0.25) is 0 Å². The van der Waals surface area contributed by atoms with Gasteiger partial charge in [-0.2, -0.15) is 0 Å². The van der Waals surface area contributed by atoms with Crippen LogP contribution in [0.2, 0.25) is 0 Å². The Morgan fingerprint density at radius 1 is 0.913 bits per heavy atom. The van der Waals surface area contributed by atoms with Gasteiger partial charge in [-0.3, -0.25) is 4.90 Å². The second-order valence-corrected chi connectivity index (χ2v) is 15.0. The van der Waals surface area contributed by atoms with E-state index in [4.69, 9.17) is 9.47 Å². The Labute approximate surface area is 274 Å². The van der Waals surface area contributed by atoms with Crippen molar-refractivity contribution >= 4 is 6.03 Å². The molecule has 1 saturated carbocycles. The van der Waals surface area contributed by atoms with Gasteiger partial charge in [0.15, 0.2) is 6.29 Å². The predicted molar refractivity (Wildman–Crippen MR) is 182 cm³/mol. The minimum Gasteiger partial charge on any atom is -0.392 e. The fraction of sp³-hybridized carbons (Fsp3) is 0.513. The first-order valence-corrected chi connectivity index (χ1v) is 17.0. The van der Waals surface area contributed by atoms with Crippen LogP contribution in [0.5, 0.6) is 0 Å². The van der Waals surface area contributed by atoms with Gasteiger partial charge in [-0.15, -0.1) is 0 Å². The summed E-state index contributed by atoms with van der Waals surface area (Å²) in [5.74, 6) is 0.160. The van der Waals surface area contributed by atoms with Crippen molar-refractivity contribution in [1.29, 1.82) is 0 Å². The van der Waals surface area contributed by atoms with Gasteiger partial charge in [0.25, 0.3) is 0 Å². The molecule has 46 heavy (non-hydrogen) atoms. The van der Waals surface area contributed by atoms with E-state index in [1.165, 1.54) is 19.3 Å². The Morgan fingerprint density at radius 3 is 2.37 bits per heavy atom. The van der Waals surface area contributed by atoms with Crippen molar-refractivity contribution in [3.63, 3.8) is 0 Å². The number of ether oxygens (including phenoxy) is 2. The van der Waals surface area contributed by atoms with Crippen LogP contribution in [0, 0.1) is 16.7 Å². The van der Waals surface area contributed by atoms with E-state index in [0.717, 1.165) is 46.5 Å². The summed E-state index contributed by atoms with van der Waals surface area (Å²) in [6.07, 6.45) is 3.19. The van der Waals surface area contributed by atoms with Crippen LogP contribution >= 0.6 is 0 Å². The van der Waals surface area contributed by atoms with Crippen LogP contribution < -0.4 is 10.6 Å². The Bertz CT molecular complexity index is 1490. The average Bonchev–Trinajstić information content (AvgIpc) is 3.28. The lowest BCUT2D eigenvalue weighted by Gasteiger charge is -2.43. The number of benzene rings is 3. The van der Waals surface area contributed by atoms with Crippen molar-refractivity contribution in [2.24, 2.45) is 16.7 Å². The molecule has 2 saturated heterocycles. The third-order valence-corrected chi connectivity index (χ3v) is 10.3. The predicted octanol–water partition coefficient (Wildman–Crippen LogP) is 7.36. The van der Waals surface area contributed by atoms with E-state index in [9.17, 15) is 9.90 Å². The minimum absolute atomic E-state index is 0.0149.